The van der Waals surface area contributed by atoms with E-state index in [2.05, 4.69) is 23.3 Å². The first-order valence-corrected chi connectivity index (χ1v) is 8.70. The Balaban J connectivity index is 1.85. The highest BCUT2D eigenvalue weighted by molar-refractivity contribution is 5.09. The van der Waals surface area contributed by atoms with E-state index >= 15 is 0 Å². The molecule has 3 rings (SSSR count). The summed E-state index contributed by atoms with van der Waals surface area (Å²) in [5.74, 6) is -4.05. The van der Waals surface area contributed by atoms with Crippen LogP contribution in [-0.4, -0.2) is 37.1 Å². The maximum Gasteiger partial charge on any atom is 0.448 e. The second-order valence-corrected chi connectivity index (χ2v) is 7.89. The first-order valence-electron chi connectivity index (χ1n) is 8.70. The second-order valence-electron chi connectivity index (χ2n) is 7.89. The molecule has 0 aromatic carbocycles. The molecule has 3 nitrogen and oxygen atoms in total. The van der Waals surface area contributed by atoms with Crippen LogP contribution in [-0.2, 0) is 9.47 Å². The molecule has 0 radical (unpaired) electrons. The van der Waals surface area contributed by atoms with Gasteiger partial charge in [0.2, 0.25) is 0 Å². The first-order chi connectivity index (χ1) is 11.1. The van der Waals surface area contributed by atoms with Crippen molar-refractivity contribution in [2.24, 2.45) is 41.4 Å². The van der Waals surface area contributed by atoms with Gasteiger partial charge in [-0.1, -0.05) is 13.8 Å². The van der Waals surface area contributed by atoms with E-state index < -0.39 is 30.8 Å². The third-order valence-corrected chi connectivity index (χ3v) is 7.13. The molecule has 24 heavy (non-hydrogen) atoms. The molecule has 0 heterocycles. The predicted molar refractivity (Wildman–Crippen MR) is 78.5 cm³/mol. The van der Waals surface area contributed by atoms with Crippen LogP contribution < -0.4 is 0 Å². The van der Waals surface area contributed by atoms with Gasteiger partial charge in [-0.2, -0.15) is 13.2 Å². The number of ether oxygens (including phenoxy) is 2. The third-order valence-electron chi connectivity index (χ3n) is 7.13. The highest BCUT2D eigenvalue weighted by Gasteiger charge is 2.68. The Hall–Kier alpha value is -0.400. The van der Waals surface area contributed by atoms with E-state index in [-0.39, 0.29) is 24.2 Å². The van der Waals surface area contributed by atoms with Gasteiger partial charge in [-0.05, 0) is 54.8 Å². The van der Waals surface area contributed by atoms with Gasteiger partial charge in [0, 0.05) is 7.11 Å². The number of methoxy groups -OCH3 is 1. The monoisotopic (exact) mass is 354 g/mol. The van der Waals surface area contributed by atoms with Gasteiger partial charge in [0.15, 0.2) is 0 Å². The van der Waals surface area contributed by atoms with Crippen LogP contribution >= 0.6 is 0 Å². The van der Waals surface area contributed by atoms with Crippen molar-refractivity contribution in [3.05, 3.63) is 0 Å². The quantitative estimate of drug-likeness (QED) is 0.617. The normalized spacial score (nSPS) is 47.5. The summed E-state index contributed by atoms with van der Waals surface area (Å²) in [6.07, 6.45) is -5.11. The SMILES string of the molecule is COCOC(F)(C1CCC2C3CC(C(C)C3C)C2C1O)C(F)(F)F. The van der Waals surface area contributed by atoms with Crippen LogP contribution in [0.15, 0.2) is 0 Å². The minimum atomic E-state index is -5.21. The van der Waals surface area contributed by atoms with Gasteiger partial charge >= 0.3 is 12.0 Å². The number of hydrogen-bond acceptors (Lipinski definition) is 3. The van der Waals surface area contributed by atoms with Crippen LogP contribution in [0.3, 0.4) is 0 Å². The highest BCUT2D eigenvalue weighted by atomic mass is 19.4. The van der Waals surface area contributed by atoms with E-state index in [4.69, 9.17) is 0 Å². The fraction of sp³-hybridized carbons (Fsp3) is 1.00. The number of hydrogen-bond donors (Lipinski definition) is 1. The summed E-state index contributed by atoms with van der Waals surface area (Å²) in [6.45, 7) is 3.48. The van der Waals surface area contributed by atoms with E-state index in [0.29, 0.717) is 24.2 Å². The van der Waals surface area contributed by atoms with Crippen molar-refractivity contribution in [2.75, 3.05) is 13.9 Å². The molecule has 1 N–H and O–H groups in total. The molecule has 3 aliphatic rings. The molecule has 0 aromatic rings. The Bertz CT molecular complexity index is 469. The molecule has 2 bridgehead atoms. The summed E-state index contributed by atoms with van der Waals surface area (Å²) in [4.78, 5) is 0. The molecule has 0 saturated heterocycles. The van der Waals surface area contributed by atoms with Gasteiger partial charge in [0.1, 0.15) is 6.79 Å². The van der Waals surface area contributed by atoms with Crippen molar-refractivity contribution in [1.29, 1.82) is 0 Å². The number of rotatable bonds is 4. The topological polar surface area (TPSA) is 38.7 Å². The van der Waals surface area contributed by atoms with Crippen LogP contribution in [0, 0.1) is 41.4 Å². The molecule has 3 aliphatic carbocycles. The molecule has 3 fully saturated rings. The summed E-state index contributed by atoms with van der Waals surface area (Å²) in [5, 5.41) is 10.7. The van der Waals surface area contributed by atoms with Crippen molar-refractivity contribution in [3.8, 4) is 0 Å². The zero-order valence-electron chi connectivity index (χ0n) is 14.2. The van der Waals surface area contributed by atoms with Crippen molar-refractivity contribution >= 4 is 0 Å². The molecule has 140 valence electrons. The summed E-state index contributed by atoms with van der Waals surface area (Å²) in [6, 6.07) is 0. The van der Waals surface area contributed by atoms with E-state index in [1.54, 1.807) is 0 Å². The number of halogens is 4. The maximum absolute atomic E-state index is 14.9. The minimum Gasteiger partial charge on any atom is -0.392 e. The minimum absolute atomic E-state index is 0.0214. The number of aliphatic hydroxyl groups is 1. The smallest absolute Gasteiger partial charge is 0.392 e. The van der Waals surface area contributed by atoms with Gasteiger partial charge in [0.25, 0.3) is 0 Å². The Morgan fingerprint density at radius 1 is 1.00 bits per heavy atom. The van der Waals surface area contributed by atoms with Crippen molar-refractivity contribution in [1.82, 2.24) is 0 Å². The zero-order valence-corrected chi connectivity index (χ0v) is 14.2. The predicted octanol–water partition coefficient (Wildman–Crippen LogP) is 3.76. The number of fused-ring (bicyclic) bond motifs is 5. The van der Waals surface area contributed by atoms with Gasteiger partial charge < -0.3 is 14.6 Å². The van der Waals surface area contributed by atoms with Crippen molar-refractivity contribution in [3.63, 3.8) is 0 Å². The lowest BCUT2D eigenvalue weighted by molar-refractivity contribution is -0.381. The molecule has 0 aliphatic heterocycles. The fourth-order valence-electron chi connectivity index (χ4n) is 5.87. The summed E-state index contributed by atoms with van der Waals surface area (Å²) >= 11 is 0. The molecule has 9 atom stereocenters. The first kappa shape index (κ1) is 18.4. The van der Waals surface area contributed by atoms with E-state index in [1.165, 1.54) is 0 Å². The lowest BCUT2D eigenvalue weighted by Gasteiger charge is -2.49. The van der Waals surface area contributed by atoms with Crippen LogP contribution in [0.5, 0.6) is 0 Å². The summed E-state index contributed by atoms with van der Waals surface area (Å²) in [5.41, 5.74) is 0. The summed E-state index contributed by atoms with van der Waals surface area (Å²) in [7, 11) is 1.14. The molecule has 0 amide bonds. The second kappa shape index (κ2) is 6.09. The lowest BCUT2D eigenvalue weighted by atomic mass is 9.60. The zero-order chi connectivity index (χ0) is 17.9. The van der Waals surface area contributed by atoms with Gasteiger partial charge in [-0.3, -0.25) is 0 Å². The maximum atomic E-state index is 14.9. The molecule has 0 aromatic heterocycles. The average Bonchev–Trinajstić information content (AvgIpc) is 3.02. The van der Waals surface area contributed by atoms with Crippen LogP contribution in [0.2, 0.25) is 0 Å². The molecule has 0 spiro atoms. The van der Waals surface area contributed by atoms with Gasteiger partial charge in [0.05, 0.1) is 12.0 Å². The fourth-order valence-corrected chi connectivity index (χ4v) is 5.87. The van der Waals surface area contributed by atoms with E-state index in [1.807, 2.05) is 0 Å². The Kier molecular flexibility index (Phi) is 4.67. The van der Waals surface area contributed by atoms with Crippen LogP contribution in [0.1, 0.15) is 33.1 Å². The average molecular weight is 354 g/mol. The Morgan fingerprint density at radius 2 is 1.62 bits per heavy atom. The third kappa shape index (κ3) is 2.50. The summed E-state index contributed by atoms with van der Waals surface area (Å²) < 4.78 is 64.0. The molecular weight excluding hydrogens is 328 g/mol. The van der Waals surface area contributed by atoms with Gasteiger partial charge in [-0.15, -0.1) is 0 Å². The molecule has 7 heteroatoms. The van der Waals surface area contributed by atoms with Crippen LogP contribution in [0.25, 0.3) is 0 Å². The molecular formula is C17H26F4O3. The van der Waals surface area contributed by atoms with Crippen molar-refractivity contribution in [2.45, 2.75) is 51.2 Å². The standard InChI is InChI=1S/C17H26F4O3/c1-8-9(2)12-6-11(8)10-4-5-13(15(22)14(10)12)16(18,17(19,20)21)24-7-23-3/h8-15,22H,4-7H2,1-3H3. The molecule has 9 unspecified atom stereocenters. The number of aliphatic hydroxyl groups excluding tert-OH is 1. The Labute approximate surface area is 139 Å². The highest BCUT2D eigenvalue weighted by Crippen LogP contribution is 2.64. The lowest BCUT2D eigenvalue weighted by Crippen LogP contribution is -2.59. The van der Waals surface area contributed by atoms with E-state index in [0.717, 1.165) is 13.5 Å². The van der Waals surface area contributed by atoms with Crippen LogP contribution in [0.4, 0.5) is 17.6 Å². The number of alkyl halides is 4. The molecule has 3 saturated carbocycles. The largest absolute Gasteiger partial charge is 0.448 e. The van der Waals surface area contributed by atoms with Gasteiger partial charge in [-0.25, -0.2) is 4.39 Å². The van der Waals surface area contributed by atoms with E-state index in [9.17, 15) is 22.7 Å². The van der Waals surface area contributed by atoms with Crippen molar-refractivity contribution < 1.29 is 32.1 Å². The Morgan fingerprint density at radius 3 is 2.21 bits per heavy atom.